The van der Waals surface area contributed by atoms with E-state index in [-0.39, 0.29) is 11.9 Å². The van der Waals surface area contributed by atoms with E-state index < -0.39 is 5.97 Å². The van der Waals surface area contributed by atoms with Gasteiger partial charge in [0.1, 0.15) is 5.75 Å². The molecule has 0 bridgehead atoms. The normalized spacial score (nSPS) is 10.4. The van der Waals surface area contributed by atoms with E-state index >= 15 is 0 Å². The maximum atomic E-state index is 12.1. The number of carbonyl (C=O) groups is 2. The van der Waals surface area contributed by atoms with Gasteiger partial charge < -0.3 is 9.47 Å². The number of aryl methyl sites for hydroxylation is 1. The lowest BCUT2D eigenvalue weighted by Crippen LogP contribution is -2.11. The summed E-state index contributed by atoms with van der Waals surface area (Å²) < 4.78 is 10.5. The van der Waals surface area contributed by atoms with Gasteiger partial charge in [0.05, 0.1) is 17.7 Å². The predicted molar refractivity (Wildman–Crippen MR) is 87.7 cm³/mol. The van der Waals surface area contributed by atoms with Crippen LogP contribution in [0, 0.1) is 12.8 Å². The van der Waals surface area contributed by atoms with Gasteiger partial charge >= 0.3 is 11.9 Å². The third kappa shape index (κ3) is 4.68. The fourth-order valence-corrected chi connectivity index (χ4v) is 1.95. The molecule has 4 nitrogen and oxygen atoms in total. The van der Waals surface area contributed by atoms with E-state index in [1.807, 2.05) is 32.9 Å². The van der Waals surface area contributed by atoms with Gasteiger partial charge in [-0.3, -0.25) is 0 Å². The molecule has 0 aromatic heterocycles. The largest absolute Gasteiger partial charge is 0.462 e. The van der Waals surface area contributed by atoms with E-state index in [0.717, 1.165) is 5.56 Å². The smallest absolute Gasteiger partial charge is 0.343 e. The van der Waals surface area contributed by atoms with Crippen LogP contribution >= 0.6 is 0 Å². The van der Waals surface area contributed by atoms with Gasteiger partial charge in [0.25, 0.3) is 0 Å². The molecule has 120 valence electrons. The molecule has 0 fully saturated rings. The number of rotatable bonds is 5. The summed E-state index contributed by atoms with van der Waals surface area (Å²) in [6.45, 7) is 6.18. The molecule has 0 atom stereocenters. The molecule has 2 rings (SSSR count). The van der Waals surface area contributed by atoms with Gasteiger partial charge in [-0.1, -0.05) is 32.0 Å². The van der Waals surface area contributed by atoms with Crippen molar-refractivity contribution in [3.63, 3.8) is 0 Å². The molecule has 23 heavy (non-hydrogen) atoms. The highest BCUT2D eigenvalue weighted by Crippen LogP contribution is 2.16. The maximum absolute atomic E-state index is 12.1. The molecule has 2 aromatic rings. The molecule has 0 radical (unpaired) electrons. The van der Waals surface area contributed by atoms with Gasteiger partial charge in [0, 0.05) is 0 Å². The van der Waals surface area contributed by atoms with Crippen molar-refractivity contribution in [1.29, 1.82) is 0 Å². The van der Waals surface area contributed by atoms with Gasteiger partial charge in [-0.15, -0.1) is 0 Å². The van der Waals surface area contributed by atoms with Crippen LogP contribution in [0.5, 0.6) is 5.75 Å². The summed E-state index contributed by atoms with van der Waals surface area (Å²) in [5.74, 6) is -0.124. The Kier molecular flexibility index (Phi) is 5.52. The molecule has 0 aliphatic rings. The molecule has 0 aliphatic carbocycles. The van der Waals surface area contributed by atoms with Crippen LogP contribution in [0.15, 0.2) is 48.5 Å². The van der Waals surface area contributed by atoms with Gasteiger partial charge in [-0.05, 0) is 48.7 Å². The standard InChI is InChI=1S/C19H20O4/c1-13(2)12-22-18(20)15-8-10-16(11-9-15)23-19(21)17-7-5-4-6-14(17)3/h4-11,13H,12H2,1-3H3. The van der Waals surface area contributed by atoms with Crippen molar-refractivity contribution in [2.45, 2.75) is 20.8 Å². The van der Waals surface area contributed by atoms with Crippen molar-refractivity contribution in [3.05, 3.63) is 65.2 Å². The average molecular weight is 312 g/mol. The summed E-state index contributed by atoms with van der Waals surface area (Å²) in [6.07, 6.45) is 0. The monoisotopic (exact) mass is 312 g/mol. The van der Waals surface area contributed by atoms with E-state index in [2.05, 4.69) is 0 Å². The summed E-state index contributed by atoms with van der Waals surface area (Å²) in [5.41, 5.74) is 1.81. The number of ether oxygens (including phenoxy) is 2. The highest BCUT2D eigenvalue weighted by atomic mass is 16.5. The molecular weight excluding hydrogens is 292 g/mol. The Balaban J connectivity index is 2.01. The fourth-order valence-electron chi connectivity index (χ4n) is 1.95. The third-order valence-corrected chi connectivity index (χ3v) is 3.21. The molecule has 0 spiro atoms. The SMILES string of the molecule is Cc1ccccc1C(=O)Oc1ccc(C(=O)OCC(C)C)cc1. The van der Waals surface area contributed by atoms with Crippen molar-refractivity contribution in [2.75, 3.05) is 6.61 Å². The minimum Gasteiger partial charge on any atom is -0.462 e. The van der Waals surface area contributed by atoms with E-state index in [0.29, 0.717) is 23.5 Å². The van der Waals surface area contributed by atoms with Crippen LogP contribution in [0.3, 0.4) is 0 Å². The quantitative estimate of drug-likeness (QED) is 0.618. The summed E-state index contributed by atoms with van der Waals surface area (Å²) in [5, 5.41) is 0. The zero-order valence-corrected chi connectivity index (χ0v) is 13.5. The molecule has 0 N–H and O–H groups in total. The van der Waals surface area contributed by atoms with E-state index in [4.69, 9.17) is 9.47 Å². The summed E-state index contributed by atoms with van der Waals surface area (Å²) >= 11 is 0. The highest BCUT2D eigenvalue weighted by Gasteiger charge is 2.12. The number of hydrogen-bond acceptors (Lipinski definition) is 4. The van der Waals surface area contributed by atoms with Crippen LogP contribution in [-0.4, -0.2) is 18.5 Å². The lowest BCUT2D eigenvalue weighted by Gasteiger charge is -2.09. The molecule has 2 aromatic carbocycles. The summed E-state index contributed by atoms with van der Waals surface area (Å²) in [4.78, 5) is 23.9. The number of benzene rings is 2. The lowest BCUT2D eigenvalue weighted by molar-refractivity contribution is 0.0459. The Bertz CT molecular complexity index is 687. The Morgan fingerprint density at radius 3 is 2.22 bits per heavy atom. The average Bonchev–Trinajstić information content (AvgIpc) is 2.53. The van der Waals surface area contributed by atoms with Gasteiger partial charge in [0.15, 0.2) is 0 Å². The molecule has 0 saturated carbocycles. The second kappa shape index (κ2) is 7.58. The lowest BCUT2D eigenvalue weighted by atomic mass is 10.1. The first-order chi connectivity index (χ1) is 11.0. The van der Waals surface area contributed by atoms with Crippen LogP contribution in [0.1, 0.15) is 40.1 Å². The molecular formula is C19H20O4. The topological polar surface area (TPSA) is 52.6 Å². The van der Waals surface area contributed by atoms with Crippen LogP contribution in [0.4, 0.5) is 0 Å². The molecule has 0 heterocycles. The minimum absolute atomic E-state index is 0.285. The first-order valence-electron chi connectivity index (χ1n) is 7.52. The van der Waals surface area contributed by atoms with Crippen molar-refractivity contribution in [3.8, 4) is 5.75 Å². The second-order valence-corrected chi connectivity index (χ2v) is 5.72. The molecule has 0 amide bonds. The highest BCUT2D eigenvalue weighted by molar-refractivity contribution is 5.93. The summed E-state index contributed by atoms with van der Waals surface area (Å²) in [7, 11) is 0. The van der Waals surface area contributed by atoms with Gasteiger partial charge in [-0.25, -0.2) is 9.59 Å². The Labute approximate surface area is 136 Å². The molecule has 0 unspecified atom stereocenters. The van der Waals surface area contributed by atoms with Gasteiger partial charge in [-0.2, -0.15) is 0 Å². The van der Waals surface area contributed by atoms with Crippen LogP contribution < -0.4 is 4.74 Å². The second-order valence-electron chi connectivity index (χ2n) is 5.72. The van der Waals surface area contributed by atoms with Crippen LogP contribution in [0.25, 0.3) is 0 Å². The van der Waals surface area contributed by atoms with E-state index in [1.54, 1.807) is 36.4 Å². The zero-order valence-electron chi connectivity index (χ0n) is 13.5. The predicted octanol–water partition coefficient (Wildman–Crippen LogP) is 4.03. The maximum Gasteiger partial charge on any atom is 0.343 e. The van der Waals surface area contributed by atoms with Crippen LogP contribution in [0.2, 0.25) is 0 Å². The summed E-state index contributed by atoms with van der Waals surface area (Å²) in [6, 6.07) is 13.6. The number of carbonyl (C=O) groups excluding carboxylic acids is 2. The van der Waals surface area contributed by atoms with Crippen LogP contribution in [-0.2, 0) is 4.74 Å². The first kappa shape index (κ1) is 16.7. The third-order valence-electron chi connectivity index (χ3n) is 3.21. The van der Waals surface area contributed by atoms with Crippen molar-refractivity contribution >= 4 is 11.9 Å². The Hall–Kier alpha value is -2.62. The molecule has 0 aliphatic heterocycles. The Morgan fingerprint density at radius 1 is 0.957 bits per heavy atom. The Morgan fingerprint density at radius 2 is 1.61 bits per heavy atom. The van der Waals surface area contributed by atoms with E-state index in [1.165, 1.54) is 0 Å². The van der Waals surface area contributed by atoms with Gasteiger partial charge in [0.2, 0.25) is 0 Å². The van der Waals surface area contributed by atoms with E-state index in [9.17, 15) is 9.59 Å². The first-order valence-corrected chi connectivity index (χ1v) is 7.52. The molecule has 0 saturated heterocycles. The number of esters is 2. The number of hydrogen-bond donors (Lipinski definition) is 0. The van der Waals surface area contributed by atoms with Crippen molar-refractivity contribution in [1.82, 2.24) is 0 Å². The minimum atomic E-state index is -0.418. The zero-order chi connectivity index (χ0) is 16.8. The van der Waals surface area contributed by atoms with Crippen molar-refractivity contribution in [2.24, 2.45) is 5.92 Å². The fraction of sp³-hybridized carbons (Fsp3) is 0.263. The molecule has 4 heteroatoms. The van der Waals surface area contributed by atoms with Crippen molar-refractivity contribution < 1.29 is 19.1 Å².